The molecule has 2 aromatic carbocycles. The summed E-state index contributed by atoms with van der Waals surface area (Å²) in [5.74, 6) is -2.82. The first-order valence-corrected chi connectivity index (χ1v) is 9.20. The van der Waals surface area contributed by atoms with Crippen LogP contribution in [0.25, 0.3) is 0 Å². The summed E-state index contributed by atoms with van der Waals surface area (Å²) in [5, 5.41) is 2.30. The van der Waals surface area contributed by atoms with E-state index < -0.39 is 34.1 Å². The molecule has 2 N–H and O–H groups in total. The Morgan fingerprint density at radius 3 is 2.52 bits per heavy atom. The van der Waals surface area contributed by atoms with Crippen molar-refractivity contribution in [3.05, 3.63) is 59.2 Å². The maximum absolute atomic E-state index is 13.1. The number of halogens is 2. The molecule has 0 aliphatic heterocycles. The third-order valence-electron chi connectivity index (χ3n) is 4.01. The van der Waals surface area contributed by atoms with Gasteiger partial charge in [-0.15, -0.1) is 0 Å². The van der Waals surface area contributed by atoms with Crippen LogP contribution >= 0.6 is 0 Å². The normalized spacial score (nSPS) is 13.5. The Bertz CT molecular complexity index is 929. The molecule has 0 fully saturated rings. The van der Waals surface area contributed by atoms with E-state index >= 15 is 0 Å². The topological polar surface area (TPSA) is 75.3 Å². The number of rotatable bonds is 5. The number of amides is 1. The summed E-state index contributed by atoms with van der Waals surface area (Å²) in [5.41, 5.74) is 2.20. The molecule has 132 valence electrons. The molecular weight excluding hydrogens is 350 g/mol. The maximum Gasteiger partial charge on any atom is 0.241 e. The quantitative estimate of drug-likeness (QED) is 0.853. The molecule has 0 heterocycles. The van der Waals surface area contributed by atoms with Gasteiger partial charge in [0.2, 0.25) is 15.9 Å². The van der Waals surface area contributed by atoms with Gasteiger partial charge in [-0.05, 0) is 54.7 Å². The maximum atomic E-state index is 13.1. The zero-order chi connectivity index (χ0) is 18.0. The van der Waals surface area contributed by atoms with E-state index in [0.29, 0.717) is 0 Å². The summed E-state index contributed by atoms with van der Waals surface area (Å²) in [6.07, 6.45) is 2.79. The molecule has 0 spiro atoms. The molecule has 0 unspecified atom stereocenters. The number of hydrogen-bond acceptors (Lipinski definition) is 3. The zero-order valence-electron chi connectivity index (χ0n) is 13.2. The van der Waals surface area contributed by atoms with Crippen molar-refractivity contribution in [1.82, 2.24) is 4.72 Å². The first-order valence-electron chi connectivity index (χ1n) is 7.71. The summed E-state index contributed by atoms with van der Waals surface area (Å²) in [6, 6.07) is 7.81. The molecule has 1 aliphatic carbocycles. The first-order chi connectivity index (χ1) is 11.8. The number of carbonyl (C=O) groups excluding carboxylic acids is 1. The average molecular weight is 366 g/mol. The van der Waals surface area contributed by atoms with Crippen LogP contribution in [0, 0.1) is 11.6 Å². The molecular formula is C17H16F2N2O3S. The van der Waals surface area contributed by atoms with Gasteiger partial charge < -0.3 is 5.32 Å². The second-order valence-corrected chi connectivity index (χ2v) is 7.55. The van der Waals surface area contributed by atoms with E-state index in [4.69, 9.17) is 0 Å². The van der Waals surface area contributed by atoms with Crippen molar-refractivity contribution in [3.63, 3.8) is 0 Å². The average Bonchev–Trinajstić information content (AvgIpc) is 3.04. The highest BCUT2D eigenvalue weighted by molar-refractivity contribution is 7.89. The smallest absolute Gasteiger partial charge is 0.241 e. The number of aryl methyl sites for hydroxylation is 2. The zero-order valence-corrected chi connectivity index (χ0v) is 14.0. The fraction of sp³-hybridized carbons (Fsp3) is 0.235. The largest absolute Gasteiger partial charge is 0.325 e. The number of benzene rings is 2. The lowest BCUT2D eigenvalue weighted by atomic mass is 10.1. The predicted molar refractivity (Wildman–Crippen MR) is 88.6 cm³/mol. The van der Waals surface area contributed by atoms with Crippen LogP contribution in [0.3, 0.4) is 0 Å². The van der Waals surface area contributed by atoms with Crippen LogP contribution in [0.1, 0.15) is 17.5 Å². The Balaban J connectivity index is 1.63. The van der Waals surface area contributed by atoms with E-state index in [1.54, 1.807) is 12.1 Å². The van der Waals surface area contributed by atoms with Gasteiger partial charge in [0.15, 0.2) is 11.6 Å². The van der Waals surface area contributed by atoms with Crippen molar-refractivity contribution in [2.75, 3.05) is 11.9 Å². The Morgan fingerprint density at radius 1 is 1.00 bits per heavy atom. The van der Waals surface area contributed by atoms with Crippen molar-refractivity contribution >= 4 is 21.6 Å². The van der Waals surface area contributed by atoms with Gasteiger partial charge >= 0.3 is 0 Å². The van der Waals surface area contributed by atoms with E-state index in [1.807, 2.05) is 0 Å². The lowest BCUT2D eigenvalue weighted by Gasteiger charge is -2.09. The van der Waals surface area contributed by atoms with Gasteiger partial charge in [-0.2, -0.15) is 0 Å². The molecule has 0 bridgehead atoms. The number of fused-ring (bicyclic) bond motifs is 1. The SMILES string of the molecule is O=C(CNS(=O)(=O)c1ccc2c(c1)CCC2)Nc1ccc(F)c(F)c1. The minimum absolute atomic E-state index is 0.0422. The van der Waals surface area contributed by atoms with Crippen molar-refractivity contribution < 1.29 is 22.0 Å². The van der Waals surface area contributed by atoms with Crippen LogP contribution in [-0.2, 0) is 27.7 Å². The molecule has 2 aromatic rings. The fourth-order valence-electron chi connectivity index (χ4n) is 2.74. The summed E-state index contributed by atoms with van der Waals surface area (Å²) in [7, 11) is -3.83. The van der Waals surface area contributed by atoms with E-state index in [1.165, 1.54) is 12.1 Å². The molecule has 3 rings (SSSR count). The van der Waals surface area contributed by atoms with Gasteiger partial charge in [0, 0.05) is 11.8 Å². The minimum atomic E-state index is -3.83. The lowest BCUT2D eigenvalue weighted by Crippen LogP contribution is -2.33. The Morgan fingerprint density at radius 2 is 1.76 bits per heavy atom. The Hall–Kier alpha value is -2.32. The molecule has 0 saturated heterocycles. The van der Waals surface area contributed by atoms with Crippen LogP contribution in [-0.4, -0.2) is 20.9 Å². The van der Waals surface area contributed by atoms with Crippen LogP contribution in [0.15, 0.2) is 41.3 Å². The van der Waals surface area contributed by atoms with Crippen LogP contribution < -0.4 is 10.0 Å². The van der Waals surface area contributed by atoms with Crippen LogP contribution in [0.4, 0.5) is 14.5 Å². The minimum Gasteiger partial charge on any atom is -0.325 e. The van der Waals surface area contributed by atoms with Crippen LogP contribution in [0.5, 0.6) is 0 Å². The summed E-state index contributed by atoms with van der Waals surface area (Å²) >= 11 is 0. The second-order valence-electron chi connectivity index (χ2n) is 5.79. The molecule has 25 heavy (non-hydrogen) atoms. The van der Waals surface area contributed by atoms with E-state index in [0.717, 1.165) is 42.5 Å². The molecule has 0 saturated carbocycles. The van der Waals surface area contributed by atoms with Gasteiger partial charge in [-0.3, -0.25) is 4.79 Å². The number of carbonyl (C=O) groups is 1. The third-order valence-corrected chi connectivity index (χ3v) is 5.41. The molecule has 5 nitrogen and oxygen atoms in total. The number of anilines is 1. The summed E-state index contributed by atoms with van der Waals surface area (Å²) in [6.45, 7) is -0.515. The van der Waals surface area contributed by atoms with Gasteiger partial charge in [-0.25, -0.2) is 21.9 Å². The third kappa shape index (κ3) is 4.02. The molecule has 1 aliphatic rings. The highest BCUT2D eigenvalue weighted by Crippen LogP contribution is 2.24. The standard InChI is InChI=1S/C17H16F2N2O3S/c18-15-7-5-13(9-16(15)19)21-17(22)10-20-25(23,24)14-6-4-11-2-1-3-12(11)8-14/h4-9,20H,1-3,10H2,(H,21,22). The molecule has 0 atom stereocenters. The van der Waals surface area contributed by atoms with E-state index in [9.17, 15) is 22.0 Å². The van der Waals surface area contributed by atoms with Crippen molar-refractivity contribution in [3.8, 4) is 0 Å². The first kappa shape index (κ1) is 17.5. The fourth-order valence-corrected chi connectivity index (χ4v) is 3.77. The molecule has 1 amide bonds. The second kappa shape index (κ2) is 6.89. The summed E-state index contributed by atoms with van der Waals surface area (Å²) in [4.78, 5) is 11.9. The monoisotopic (exact) mass is 366 g/mol. The lowest BCUT2D eigenvalue weighted by molar-refractivity contribution is -0.115. The van der Waals surface area contributed by atoms with Crippen molar-refractivity contribution in [2.45, 2.75) is 24.2 Å². The number of sulfonamides is 1. The van der Waals surface area contributed by atoms with E-state index in [2.05, 4.69) is 10.0 Å². The highest BCUT2D eigenvalue weighted by Gasteiger charge is 2.19. The summed E-state index contributed by atoms with van der Waals surface area (Å²) < 4.78 is 52.7. The Kier molecular flexibility index (Phi) is 4.82. The van der Waals surface area contributed by atoms with Gasteiger partial charge in [0.1, 0.15) is 0 Å². The highest BCUT2D eigenvalue weighted by atomic mass is 32.2. The van der Waals surface area contributed by atoms with Gasteiger partial charge in [0.05, 0.1) is 11.4 Å². The molecule has 0 radical (unpaired) electrons. The van der Waals surface area contributed by atoms with Gasteiger partial charge in [-0.1, -0.05) is 6.07 Å². The molecule has 8 heteroatoms. The van der Waals surface area contributed by atoms with Gasteiger partial charge in [0.25, 0.3) is 0 Å². The number of hydrogen-bond donors (Lipinski definition) is 2. The van der Waals surface area contributed by atoms with Crippen LogP contribution in [0.2, 0.25) is 0 Å². The van der Waals surface area contributed by atoms with Crippen molar-refractivity contribution in [2.24, 2.45) is 0 Å². The van der Waals surface area contributed by atoms with E-state index in [-0.39, 0.29) is 10.6 Å². The predicted octanol–water partition coefficient (Wildman–Crippen LogP) is 2.37. The number of nitrogens with one attached hydrogen (secondary N) is 2. The van der Waals surface area contributed by atoms with Crippen molar-refractivity contribution in [1.29, 1.82) is 0 Å². The Labute approximate surface area is 144 Å². The molecule has 0 aromatic heterocycles.